The van der Waals surface area contributed by atoms with Crippen LogP contribution in [0.3, 0.4) is 0 Å². The van der Waals surface area contributed by atoms with E-state index >= 15 is 0 Å². The van der Waals surface area contributed by atoms with Crippen molar-refractivity contribution < 1.29 is 4.74 Å². The molecule has 112 valence electrons. The van der Waals surface area contributed by atoms with Gasteiger partial charge in [0, 0.05) is 11.9 Å². The maximum absolute atomic E-state index is 5.31. The van der Waals surface area contributed by atoms with Gasteiger partial charge in [-0.15, -0.1) is 0 Å². The third-order valence-corrected chi connectivity index (χ3v) is 3.64. The molecule has 0 bridgehead atoms. The summed E-state index contributed by atoms with van der Waals surface area (Å²) in [5.41, 5.74) is 4.82. The second-order valence-electron chi connectivity index (χ2n) is 5.34. The van der Waals surface area contributed by atoms with Crippen LogP contribution >= 0.6 is 0 Å². The van der Waals surface area contributed by atoms with Gasteiger partial charge in [0.15, 0.2) is 0 Å². The summed E-state index contributed by atoms with van der Waals surface area (Å²) in [5.74, 6) is 0.899. The molecular weight excluding hydrogens is 260 g/mol. The van der Waals surface area contributed by atoms with Gasteiger partial charge in [0.1, 0.15) is 5.75 Å². The molecule has 0 aliphatic carbocycles. The number of hydrogen-bond acceptors (Lipinski definition) is 3. The van der Waals surface area contributed by atoms with E-state index in [2.05, 4.69) is 48.4 Å². The Hall–Kier alpha value is -1.87. The summed E-state index contributed by atoms with van der Waals surface area (Å²) < 4.78 is 5.31. The molecule has 0 aliphatic heterocycles. The van der Waals surface area contributed by atoms with Crippen molar-refractivity contribution in [3.8, 4) is 5.75 Å². The van der Waals surface area contributed by atoms with Crippen molar-refractivity contribution in [3.05, 3.63) is 58.9 Å². The number of aromatic nitrogens is 1. The Morgan fingerprint density at radius 2 is 2.00 bits per heavy atom. The van der Waals surface area contributed by atoms with Crippen LogP contribution in [0.4, 0.5) is 0 Å². The number of ether oxygens (including phenoxy) is 1. The van der Waals surface area contributed by atoms with E-state index in [9.17, 15) is 0 Å². The number of hydrogen-bond donors (Lipinski definition) is 1. The van der Waals surface area contributed by atoms with E-state index in [0.717, 1.165) is 24.4 Å². The highest BCUT2D eigenvalue weighted by atomic mass is 16.5. The zero-order valence-corrected chi connectivity index (χ0v) is 13.3. The predicted molar refractivity (Wildman–Crippen MR) is 86.8 cm³/mol. The minimum Gasteiger partial charge on any atom is -0.497 e. The van der Waals surface area contributed by atoms with Crippen LogP contribution in [-0.4, -0.2) is 18.6 Å². The average Bonchev–Trinajstić information content (AvgIpc) is 2.49. The van der Waals surface area contributed by atoms with E-state index in [1.807, 2.05) is 19.2 Å². The fourth-order valence-corrected chi connectivity index (χ4v) is 2.54. The fraction of sp³-hybridized carbons (Fsp3) is 0.389. The Bertz CT molecular complexity index is 596. The van der Waals surface area contributed by atoms with Gasteiger partial charge in [0.05, 0.1) is 13.2 Å². The zero-order valence-electron chi connectivity index (χ0n) is 13.3. The van der Waals surface area contributed by atoms with Crippen LogP contribution in [-0.2, 0) is 0 Å². The molecule has 1 atom stereocenters. The Labute approximate surface area is 127 Å². The second kappa shape index (κ2) is 7.23. The molecule has 0 fully saturated rings. The Balaban J connectivity index is 2.40. The molecule has 1 N–H and O–H groups in total. The molecule has 2 rings (SSSR count). The molecule has 21 heavy (non-hydrogen) atoms. The minimum absolute atomic E-state index is 0.192. The molecule has 0 saturated carbocycles. The van der Waals surface area contributed by atoms with Crippen LogP contribution in [0, 0.1) is 13.8 Å². The molecule has 1 unspecified atom stereocenters. The molecule has 1 aromatic heterocycles. The lowest BCUT2D eigenvalue weighted by Gasteiger charge is -2.22. The quantitative estimate of drug-likeness (QED) is 0.876. The normalized spacial score (nSPS) is 12.2. The molecule has 0 radical (unpaired) electrons. The first-order chi connectivity index (χ1) is 10.2. The van der Waals surface area contributed by atoms with Gasteiger partial charge in [-0.25, -0.2) is 0 Å². The standard InChI is InChI=1S/C18H24N2O/c1-5-9-20-18(15-8-10-19-14(3)12-15)17-7-6-16(21-4)11-13(17)2/h6-8,10-12,18,20H,5,9H2,1-4H3. The summed E-state index contributed by atoms with van der Waals surface area (Å²) in [5, 5.41) is 3.64. The van der Waals surface area contributed by atoms with E-state index in [1.54, 1.807) is 7.11 Å². The van der Waals surface area contributed by atoms with Crippen molar-refractivity contribution in [2.75, 3.05) is 13.7 Å². The second-order valence-corrected chi connectivity index (χ2v) is 5.34. The van der Waals surface area contributed by atoms with Crippen molar-refractivity contribution in [2.45, 2.75) is 33.2 Å². The first kappa shape index (κ1) is 15.5. The molecule has 0 amide bonds. The van der Waals surface area contributed by atoms with Crippen LogP contribution < -0.4 is 10.1 Å². The molecular formula is C18H24N2O. The molecule has 0 spiro atoms. The number of methoxy groups -OCH3 is 1. The maximum atomic E-state index is 5.31. The van der Waals surface area contributed by atoms with Gasteiger partial charge >= 0.3 is 0 Å². The largest absolute Gasteiger partial charge is 0.497 e. The average molecular weight is 284 g/mol. The molecule has 0 aliphatic rings. The SMILES string of the molecule is CCCNC(c1ccnc(C)c1)c1ccc(OC)cc1C. The van der Waals surface area contributed by atoms with Crippen LogP contribution in [0.15, 0.2) is 36.5 Å². The third kappa shape index (κ3) is 3.82. The maximum Gasteiger partial charge on any atom is 0.119 e. The summed E-state index contributed by atoms with van der Waals surface area (Å²) in [4.78, 5) is 4.30. The van der Waals surface area contributed by atoms with Crippen LogP contribution in [0.5, 0.6) is 5.75 Å². The molecule has 3 heteroatoms. The van der Waals surface area contributed by atoms with Gasteiger partial charge in [0.25, 0.3) is 0 Å². The number of pyridine rings is 1. The van der Waals surface area contributed by atoms with Gasteiger partial charge in [-0.1, -0.05) is 13.0 Å². The van der Waals surface area contributed by atoms with Crippen molar-refractivity contribution in [1.82, 2.24) is 10.3 Å². The number of aryl methyl sites for hydroxylation is 2. The lowest BCUT2D eigenvalue weighted by atomic mass is 9.95. The monoisotopic (exact) mass is 284 g/mol. The predicted octanol–water partition coefficient (Wildman–Crippen LogP) is 3.80. The summed E-state index contributed by atoms with van der Waals surface area (Å²) >= 11 is 0. The highest BCUT2D eigenvalue weighted by Gasteiger charge is 2.16. The van der Waals surface area contributed by atoms with Crippen LogP contribution in [0.25, 0.3) is 0 Å². The summed E-state index contributed by atoms with van der Waals surface area (Å²) in [7, 11) is 1.70. The van der Waals surface area contributed by atoms with Gasteiger partial charge < -0.3 is 10.1 Å². The smallest absolute Gasteiger partial charge is 0.119 e. The Morgan fingerprint density at radius 3 is 2.62 bits per heavy atom. The zero-order chi connectivity index (χ0) is 15.2. The van der Waals surface area contributed by atoms with Crippen molar-refractivity contribution in [3.63, 3.8) is 0 Å². The van der Waals surface area contributed by atoms with Gasteiger partial charge in [-0.3, -0.25) is 4.98 Å². The highest BCUT2D eigenvalue weighted by molar-refractivity contribution is 5.41. The van der Waals surface area contributed by atoms with Crippen molar-refractivity contribution in [2.24, 2.45) is 0 Å². The van der Waals surface area contributed by atoms with E-state index < -0.39 is 0 Å². The molecule has 1 aromatic carbocycles. The lowest BCUT2D eigenvalue weighted by molar-refractivity contribution is 0.414. The topological polar surface area (TPSA) is 34.2 Å². The first-order valence-corrected chi connectivity index (χ1v) is 7.46. The highest BCUT2D eigenvalue weighted by Crippen LogP contribution is 2.27. The fourth-order valence-electron chi connectivity index (χ4n) is 2.54. The third-order valence-electron chi connectivity index (χ3n) is 3.64. The Kier molecular flexibility index (Phi) is 5.34. The lowest BCUT2D eigenvalue weighted by Crippen LogP contribution is -2.24. The molecule has 2 aromatic rings. The van der Waals surface area contributed by atoms with Gasteiger partial charge in [-0.05, 0) is 67.8 Å². The summed E-state index contributed by atoms with van der Waals surface area (Å²) in [6, 6.07) is 10.7. The molecule has 3 nitrogen and oxygen atoms in total. The Morgan fingerprint density at radius 1 is 1.19 bits per heavy atom. The molecule has 0 saturated heterocycles. The van der Waals surface area contributed by atoms with E-state index in [-0.39, 0.29) is 6.04 Å². The number of rotatable bonds is 6. The summed E-state index contributed by atoms with van der Waals surface area (Å²) in [6.45, 7) is 7.33. The molecule has 1 heterocycles. The van der Waals surface area contributed by atoms with Crippen molar-refractivity contribution in [1.29, 1.82) is 0 Å². The van der Waals surface area contributed by atoms with Crippen LogP contribution in [0.1, 0.15) is 41.8 Å². The summed E-state index contributed by atoms with van der Waals surface area (Å²) in [6.07, 6.45) is 2.99. The minimum atomic E-state index is 0.192. The van der Waals surface area contributed by atoms with E-state index in [1.165, 1.54) is 16.7 Å². The van der Waals surface area contributed by atoms with Crippen molar-refractivity contribution >= 4 is 0 Å². The van der Waals surface area contributed by atoms with E-state index in [0.29, 0.717) is 0 Å². The first-order valence-electron chi connectivity index (χ1n) is 7.46. The van der Waals surface area contributed by atoms with Crippen LogP contribution in [0.2, 0.25) is 0 Å². The number of nitrogens with one attached hydrogen (secondary N) is 1. The van der Waals surface area contributed by atoms with E-state index in [4.69, 9.17) is 4.74 Å². The number of nitrogens with zero attached hydrogens (tertiary/aromatic N) is 1. The number of benzene rings is 1. The van der Waals surface area contributed by atoms with Gasteiger partial charge in [-0.2, -0.15) is 0 Å². The van der Waals surface area contributed by atoms with Gasteiger partial charge in [0.2, 0.25) is 0 Å².